The van der Waals surface area contributed by atoms with Crippen LogP contribution < -0.4 is 0 Å². The zero-order valence-electron chi connectivity index (χ0n) is 8.74. The third-order valence-corrected chi connectivity index (χ3v) is 3.49. The van der Waals surface area contributed by atoms with Gasteiger partial charge >= 0.3 is 0 Å². The third-order valence-electron chi connectivity index (χ3n) is 2.22. The Balaban J connectivity index is 2.31. The zero-order valence-corrected chi connectivity index (χ0v) is 9.55. The molecule has 16 heavy (non-hydrogen) atoms. The van der Waals surface area contributed by atoms with Crippen molar-refractivity contribution in [2.45, 2.75) is 23.3 Å². The van der Waals surface area contributed by atoms with E-state index in [1.807, 2.05) is 13.0 Å². The number of halogens is 1. The standard InChI is InChI=1S/C12H11FO2S/c1-8-11(4-5-15-8)16-12-3-2-10(13)6-9(12)7-14/h2-6,14H,7H2,1H3. The van der Waals surface area contributed by atoms with Gasteiger partial charge in [0, 0.05) is 4.90 Å². The zero-order chi connectivity index (χ0) is 11.5. The van der Waals surface area contributed by atoms with Crippen LogP contribution in [-0.4, -0.2) is 5.11 Å². The molecular formula is C12H11FO2S. The lowest BCUT2D eigenvalue weighted by molar-refractivity contribution is 0.278. The van der Waals surface area contributed by atoms with Crippen LogP contribution in [0.15, 0.2) is 44.7 Å². The Morgan fingerprint density at radius 3 is 2.75 bits per heavy atom. The molecule has 0 atom stereocenters. The first-order valence-corrected chi connectivity index (χ1v) is 5.63. The van der Waals surface area contributed by atoms with Gasteiger partial charge in [-0.05, 0) is 36.8 Å². The SMILES string of the molecule is Cc1occc1Sc1ccc(F)cc1CO. The van der Waals surface area contributed by atoms with Gasteiger partial charge in [-0.2, -0.15) is 0 Å². The summed E-state index contributed by atoms with van der Waals surface area (Å²) < 4.78 is 18.1. The number of benzene rings is 1. The summed E-state index contributed by atoms with van der Waals surface area (Å²) in [5, 5.41) is 9.14. The van der Waals surface area contributed by atoms with Gasteiger partial charge in [-0.15, -0.1) is 0 Å². The van der Waals surface area contributed by atoms with E-state index in [0.717, 1.165) is 15.6 Å². The average molecular weight is 238 g/mol. The lowest BCUT2D eigenvalue weighted by Crippen LogP contribution is -1.89. The summed E-state index contributed by atoms with van der Waals surface area (Å²) >= 11 is 1.46. The minimum absolute atomic E-state index is 0.170. The van der Waals surface area contributed by atoms with Gasteiger partial charge in [0.05, 0.1) is 17.8 Å². The fraction of sp³-hybridized carbons (Fsp3) is 0.167. The van der Waals surface area contributed by atoms with E-state index >= 15 is 0 Å². The molecule has 1 aromatic heterocycles. The summed E-state index contributed by atoms with van der Waals surface area (Å²) in [5.74, 6) is 0.482. The molecule has 84 valence electrons. The molecule has 1 heterocycles. The van der Waals surface area contributed by atoms with Crippen LogP contribution in [0, 0.1) is 12.7 Å². The van der Waals surface area contributed by atoms with Crippen molar-refractivity contribution < 1.29 is 13.9 Å². The van der Waals surface area contributed by atoms with Crippen molar-refractivity contribution in [3.8, 4) is 0 Å². The van der Waals surface area contributed by atoms with Crippen LogP contribution in [0.4, 0.5) is 4.39 Å². The van der Waals surface area contributed by atoms with Crippen LogP contribution in [-0.2, 0) is 6.61 Å². The second kappa shape index (κ2) is 4.72. The Bertz CT molecular complexity index is 494. The summed E-state index contributed by atoms with van der Waals surface area (Å²) in [4.78, 5) is 1.81. The average Bonchev–Trinajstić information content (AvgIpc) is 2.67. The van der Waals surface area contributed by atoms with E-state index in [2.05, 4.69) is 0 Å². The molecule has 0 fully saturated rings. The number of furan rings is 1. The van der Waals surface area contributed by atoms with Gasteiger partial charge < -0.3 is 9.52 Å². The van der Waals surface area contributed by atoms with Gasteiger partial charge in [-0.3, -0.25) is 0 Å². The quantitative estimate of drug-likeness (QED) is 0.890. The molecule has 0 radical (unpaired) electrons. The van der Waals surface area contributed by atoms with Crippen molar-refractivity contribution in [2.24, 2.45) is 0 Å². The van der Waals surface area contributed by atoms with Gasteiger partial charge in [-0.25, -0.2) is 4.39 Å². The molecule has 0 aliphatic heterocycles. The lowest BCUT2D eigenvalue weighted by atomic mass is 10.2. The fourth-order valence-corrected chi connectivity index (χ4v) is 2.31. The number of aliphatic hydroxyl groups is 1. The normalized spacial score (nSPS) is 10.7. The lowest BCUT2D eigenvalue weighted by Gasteiger charge is -2.06. The van der Waals surface area contributed by atoms with Crippen molar-refractivity contribution in [2.75, 3.05) is 0 Å². The molecule has 2 nitrogen and oxygen atoms in total. The Morgan fingerprint density at radius 1 is 1.31 bits per heavy atom. The maximum Gasteiger partial charge on any atom is 0.123 e. The molecule has 0 saturated heterocycles. The minimum Gasteiger partial charge on any atom is -0.468 e. The van der Waals surface area contributed by atoms with E-state index in [1.54, 1.807) is 12.3 Å². The predicted octanol–water partition coefficient (Wildman–Crippen LogP) is 3.37. The second-order valence-electron chi connectivity index (χ2n) is 3.35. The third kappa shape index (κ3) is 2.28. The van der Waals surface area contributed by atoms with Crippen molar-refractivity contribution in [1.29, 1.82) is 0 Å². The molecule has 0 unspecified atom stereocenters. The van der Waals surface area contributed by atoms with Crippen molar-refractivity contribution in [1.82, 2.24) is 0 Å². The maximum absolute atomic E-state index is 13.0. The van der Waals surface area contributed by atoms with E-state index < -0.39 is 0 Å². The number of aryl methyl sites for hydroxylation is 1. The molecule has 0 amide bonds. The highest BCUT2D eigenvalue weighted by Gasteiger charge is 2.08. The van der Waals surface area contributed by atoms with E-state index in [0.29, 0.717) is 5.56 Å². The first-order valence-electron chi connectivity index (χ1n) is 4.82. The molecule has 2 rings (SSSR count). The Morgan fingerprint density at radius 2 is 2.12 bits per heavy atom. The van der Waals surface area contributed by atoms with E-state index in [4.69, 9.17) is 9.52 Å². The highest BCUT2D eigenvalue weighted by Crippen LogP contribution is 2.33. The Hall–Kier alpha value is -1.26. The predicted molar refractivity (Wildman–Crippen MR) is 59.9 cm³/mol. The van der Waals surface area contributed by atoms with E-state index in [1.165, 1.54) is 23.9 Å². The monoisotopic (exact) mass is 238 g/mol. The molecule has 0 bridgehead atoms. The molecule has 0 saturated carbocycles. The number of aliphatic hydroxyl groups excluding tert-OH is 1. The van der Waals surface area contributed by atoms with Crippen LogP contribution in [0.1, 0.15) is 11.3 Å². The Labute approximate surface area is 97.1 Å². The van der Waals surface area contributed by atoms with Crippen molar-refractivity contribution in [3.63, 3.8) is 0 Å². The van der Waals surface area contributed by atoms with Gasteiger partial charge in [0.1, 0.15) is 11.6 Å². The summed E-state index contributed by atoms with van der Waals surface area (Å²) in [5.41, 5.74) is 0.589. The van der Waals surface area contributed by atoms with Gasteiger partial charge in [0.25, 0.3) is 0 Å². The summed E-state index contributed by atoms with van der Waals surface area (Å²) in [6.07, 6.45) is 1.61. The van der Waals surface area contributed by atoms with Crippen molar-refractivity contribution in [3.05, 3.63) is 47.7 Å². The fourth-order valence-electron chi connectivity index (χ4n) is 1.37. The highest BCUT2D eigenvalue weighted by molar-refractivity contribution is 7.99. The molecule has 0 aliphatic carbocycles. The molecule has 1 N–H and O–H groups in total. The maximum atomic E-state index is 13.0. The summed E-state index contributed by atoms with van der Waals surface area (Å²) in [6.45, 7) is 1.70. The van der Waals surface area contributed by atoms with E-state index in [-0.39, 0.29) is 12.4 Å². The molecule has 4 heteroatoms. The molecule has 0 spiro atoms. The van der Waals surface area contributed by atoms with Crippen LogP contribution in [0.25, 0.3) is 0 Å². The molecule has 1 aromatic carbocycles. The van der Waals surface area contributed by atoms with E-state index in [9.17, 15) is 4.39 Å². The largest absolute Gasteiger partial charge is 0.468 e. The number of hydrogen-bond donors (Lipinski definition) is 1. The number of hydrogen-bond acceptors (Lipinski definition) is 3. The summed E-state index contributed by atoms with van der Waals surface area (Å²) in [7, 11) is 0. The Kier molecular flexibility index (Phi) is 3.31. The molecular weight excluding hydrogens is 227 g/mol. The second-order valence-corrected chi connectivity index (χ2v) is 4.44. The van der Waals surface area contributed by atoms with Crippen LogP contribution in [0.2, 0.25) is 0 Å². The smallest absolute Gasteiger partial charge is 0.123 e. The van der Waals surface area contributed by atoms with Crippen molar-refractivity contribution >= 4 is 11.8 Å². The first kappa shape index (κ1) is 11.2. The van der Waals surface area contributed by atoms with Gasteiger partial charge in [0.15, 0.2) is 0 Å². The van der Waals surface area contributed by atoms with Crippen LogP contribution in [0.5, 0.6) is 0 Å². The minimum atomic E-state index is -0.336. The first-order chi connectivity index (χ1) is 7.70. The summed E-state index contributed by atoms with van der Waals surface area (Å²) in [6, 6.07) is 6.25. The number of rotatable bonds is 3. The molecule has 2 aromatic rings. The van der Waals surface area contributed by atoms with Gasteiger partial charge in [-0.1, -0.05) is 11.8 Å². The van der Waals surface area contributed by atoms with Crippen LogP contribution in [0.3, 0.4) is 0 Å². The topological polar surface area (TPSA) is 33.4 Å². The molecule has 0 aliphatic rings. The van der Waals surface area contributed by atoms with Gasteiger partial charge in [0.2, 0.25) is 0 Å². The highest BCUT2D eigenvalue weighted by atomic mass is 32.2. The van der Waals surface area contributed by atoms with Crippen LogP contribution >= 0.6 is 11.8 Å².